The molecule has 1 amide bonds. The molecule has 0 unspecified atom stereocenters. The molecular formula is C21H30N4O. The van der Waals surface area contributed by atoms with Gasteiger partial charge in [0, 0.05) is 44.3 Å². The Morgan fingerprint density at radius 3 is 2.35 bits per heavy atom. The molecule has 140 valence electrons. The van der Waals surface area contributed by atoms with Crippen molar-refractivity contribution >= 4 is 23.0 Å². The molecule has 1 N–H and O–H groups in total. The van der Waals surface area contributed by atoms with E-state index in [2.05, 4.69) is 60.2 Å². The summed E-state index contributed by atoms with van der Waals surface area (Å²) < 4.78 is 0. The summed E-state index contributed by atoms with van der Waals surface area (Å²) in [5.41, 5.74) is 3.61. The standard InChI is InChI=1S/C21H30N4O/c1-5-8-13-24(4)21(26)17-14-19(16-22-15-17)23-18-9-11-20(12-10-18)25(6-2)7-3/h9-12,14-16,23H,5-8,13H2,1-4H3. The molecule has 0 aliphatic carbocycles. The highest BCUT2D eigenvalue weighted by molar-refractivity contribution is 5.94. The van der Waals surface area contributed by atoms with Gasteiger partial charge in [0.25, 0.3) is 5.91 Å². The zero-order chi connectivity index (χ0) is 18.9. The maximum Gasteiger partial charge on any atom is 0.255 e. The van der Waals surface area contributed by atoms with Gasteiger partial charge in [-0.3, -0.25) is 9.78 Å². The van der Waals surface area contributed by atoms with Crippen LogP contribution in [0.5, 0.6) is 0 Å². The molecule has 5 nitrogen and oxygen atoms in total. The number of nitrogens with one attached hydrogen (secondary N) is 1. The van der Waals surface area contributed by atoms with Crippen LogP contribution in [-0.2, 0) is 0 Å². The first-order valence-electron chi connectivity index (χ1n) is 9.41. The number of aromatic nitrogens is 1. The minimum absolute atomic E-state index is 0.00600. The fourth-order valence-electron chi connectivity index (χ4n) is 2.85. The molecule has 1 aromatic carbocycles. The van der Waals surface area contributed by atoms with E-state index in [9.17, 15) is 4.79 Å². The summed E-state index contributed by atoms with van der Waals surface area (Å²) >= 11 is 0. The Balaban J connectivity index is 2.07. The fraction of sp³-hybridized carbons (Fsp3) is 0.429. The Morgan fingerprint density at radius 1 is 1.04 bits per heavy atom. The van der Waals surface area contributed by atoms with Gasteiger partial charge in [-0.2, -0.15) is 0 Å². The van der Waals surface area contributed by atoms with Crippen LogP contribution in [0.2, 0.25) is 0 Å². The van der Waals surface area contributed by atoms with E-state index in [1.54, 1.807) is 17.3 Å². The molecule has 0 saturated heterocycles. The van der Waals surface area contributed by atoms with Crippen LogP contribution >= 0.6 is 0 Å². The van der Waals surface area contributed by atoms with Crippen LogP contribution in [0.3, 0.4) is 0 Å². The molecule has 0 radical (unpaired) electrons. The third kappa shape index (κ3) is 5.22. The van der Waals surface area contributed by atoms with Gasteiger partial charge in [-0.25, -0.2) is 0 Å². The Labute approximate surface area is 157 Å². The minimum Gasteiger partial charge on any atom is -0.372 e. The predicted octanol–water partition coefficient (Wildman–Crippen LogP) is 4.54. The van der Waals surface area contributed by atoms with Gasteiger partial charge in [0.15, 0.2) is 0 Å². The lowest BCUT2D eigenvalue weighted by Crippen LogP contribution is -2.27. The molecule has 1 heterocycles. The summed E-state index contributed by atoms with van der Waals surface area (Å²) in [6, 6.07) is 10.2. The number of amides is 1. The van der Waals surface area contributed by atoms with Gasteiger partial charge in [-0.05, 0) is 50.6 Å². The normalized spacial score (nSPS) is 10.5. The molecular weight excluding hydrogens is 324 g/mol. The number of unbranched alkanes of at least 4 members (excludes halogenated alkanes) is 1. The number of carbonyl (C=O) groups is 1. The highest BCUT2D eigenvalue weighted by Gasteiger charge is 2.12. The zero-order valence-corrected chi connectivity index (χ0v) is 16.3. The quantitative estimate of drug-likeness (QED) is 0.718. The molecule has 5 heteroatoms. The van der Waals surface area contributed by atoms with Crippen LogP contribution in [-0.4, -0.2) is 42.5 Å². The van der Waals surface area contributed by atoms with Gasteiger partial charge in [-0.15, -0.1) is 0 Å². The minimum atomic E-state index is 0.00600. The lowest BCUT2D eigenvalue weighted by atomic mass is 10.2. The third-order valence-corrected chi connectivity index (χ3v) is 4.46. The first-order valence-corrected chi connectivity index (χ1v) is 9.41. The molecule has 0 spiro atoms. The third-order valence-electron chi connectivity index (χ3n) is 4.46. The van der Waals surface area contributed by atoms with Gasteiger partial charge in [0.1, 0.15) is 0 Å². The van der Waals surface area contributed by atoms with Gasteiger partial charge in [-0.1, -0.05) is 13.3 Å². The van der Waals surface area contributed by atoms with Crippen LogP contribution < -0.4 is 10.2 Å². The van der Waals surface area contributed by atoms with Crippen LogP contribution in [0, 0.1) is 0 Å². The average molecular weight is 354 g/mol. The van der Waals surface area contributed by atoms with E-state index in [0.717, 1.165) is 43.9 Å². The number of hydrogen-bond donors (Lipinski definition) is 1. The van der Waals surface area contributed by atoms with Crippen molar-refractivity contribution in [2.24, 2.45) is 0 Å². The van der Waals surface area contributed by atoms with Crippen molar-refractivity contribution in [1.29, 1.82) is 0 Å². The van der Waals surface area contributed by atoms with Gasteiger partial charge >= 0.3 is 0 Å². The number of rotatable bonds is 9. The molecule has 0 atom stereocenters. The maximum absolute atomic E-state index is 12.5. The highest BCUT2D eigenvalue weighted by Crippen LogP contribution is 2.21. The fourth-order valence-corrected chi connectivity index (χ4v) is 2.85. The van der Waals surface area contributed by atoms with E-state index in [0.29, 0.717) is 5.56 Å². The van der Waals surface area contributed by atoms with E-state index in [1.807, 2.05) is 13.1 Å². The van der Waals surface area contributed by atoms with Crippen molar-refractivity contribution in [3.05, 3.63) is 48.3 Å². The van der Waals surface area contributed by atoms with E-state index in [1.165, 1.54) is 5.69 Å². The maximum atomic E-state index is 12.5. The number of carbonyl (C=O) groups excluding carboxylic acids is 1. The second kappa shape index (κ2) is 9.80. The topological polar surface area (TPSA) is 48.5 Å². The summed E-state index contributed by atoms with van der Waals surface area (Å²) in [6.45, 7) is 9.17. The number of anilines is 3. The van der Waals surface area contributed by atoms with E-state index in [-0.39, 0.29) is 5.91 Å². The van der Waals surface area contributed by atoms with Crippen LogP contribution in [0.4, 0.5) is 17.1 Å². The molecule has 2 aromatic rings. The zero-order valence-electron chi connectivity index (χ0n) is 16.3. The summed E-state index contributed by atoms with van der Waals surface area (Å²) in [5, 5.41) is 3.33. The first kappa shape index (κ1) is 19.8. The van der Waals surface area contributed by atoms with Gasteiger partial charge in [0.05, 0.1) is 17.4 Å². The summed E-state index contributed by atoms with van der Waals surface area (Å²) in [4.78, 5) is 20.8. The first-order chi connectivity index (χ1) is 12.6. The molecule has 26 heavy (non-hydrogen) atoms. The number of benzene rings is 1. The Hall–Kier alpha value is -2.56. The summed E-state index contributed by atoms with van der Waals surface area (Å²) in [6.07, 6.45) is 5.44. The molecule has 0 aliphatic rings. The largest absolute Gasteiger partial charge is 0.372 e. The van der Waals surface area contributed by atoms with Crippen LogP contribution in [0.15, 0.2) is 42.7 Å². The van der Waals surface area contributed by atoms with Gasteiger partial charge in [0.2, 0.25) is 0 Å². The molecule has 1 aromatic heterocycles. The Morgan fingerprint density at radius 2 is 1.73 bits per heavy atom. The van der Waals surface area contributed by atoms with E-state index < -0.39 is 0 Å². The SMILES string of the molecule is CCCCN(C)C(=O)c1cncc(Nc2ccc(N(CC)CC)cc2)c1. The molecule has 0 saturated carbocycles. The second-order valence-electron chi connectivity index (χ2n) is 6.39. The van der Waals surface area contributed by atoms with Crippen molar-refractivity contribution < 1.29 is 4.79 Å². The second-order valence-corrected chi connectivity index (χ2v) is 6.39. The van der Waals surface area contributed by atoms with E-state index in [4.69, 9.17) is 0 Å². The van der Waals surface area contributed by atoms with Crippen molar-refractivity contribution in [3.8, 4) is 0 Å². The van der Waals surface area contributed by atoms with Crippen molar-refractivity contribution in [1.82, 2.24) is 9.88 Å². The van der Waals surface area contributed by atoms with Crippen molar-refractivity contribution in [2.45, 2.75) is 33.6 Å². The lowest BCUT2D eigenvalue weighted by molar-refractivity contribution is 0.0793. The molecule has 2 rings (SSSR count). The lowest BCUT2D eigenvalue weighted by Gasteiger charge is -2.21. The monoisotopic (exact) mass is 354 g/mol. The summed E-state index contributed by atoms with van der Waals surface area (Å²) in [7, 11) is 1.84. The van der Waals surface area contributed by atoms with Gasteiger partial charge < -0.3 is 15.1 Å². The molecule has 0 bridgehead atoms. The number of pyridine rings is 1. The van der Waals surface area contributed by atoms with E-state index >= 15 is 0 Å². The van der Waals surface area contributed by atoms with Crippen molar-refractivity contribution in [2.75, 3.05) is 36.9 Å². The molecule has 0 fully saturated rings. The van der Waals surface area contributed by atoms with Crippen molar-refractivity contribution in [3.63, 3.8) is 0 Å². The smallest absolute Gasteiger partial charge is 0.255 e. The number of nitrogens with zero attached hydrogens (tertiary/aromatic N) is 3. The Bertz CT molecular complexity index is 695. The Kier molecular flexibility index (Phi) is 7.45. The highest BCUT2D eigenvalue weighted by atomic mass is 16.2. The summed E-state index contributed by atoms with van der Waals surface area (Å²) in [5.74, 6) is 0.00600. The molecule has 0 aliphatic heterocycles. The predicted molar refractivity (Wildman–Crippen MR) is 109 cm³/mol. The number of hydrogen-bond acceptors (Lipinski definition) is 4. The van der Waals surface area contributed by atoms with Crippen LogP contribution in [0.25, 0.3) is 0 Å². The van der Waals surface area contributed by atoms with Crippen LogP contribution in [0.1, 0.15) is 44.0 Å². The average Bonchev–Trinajstić information content (AvgIpc) is 2.68.